The molecule has 1 saturated heterocycles. The Bertz CT molecular complexity index is 261. The third kappa shape index (κ3) is 3.98. The van der Waals surface area contributed by atoms with Crippen LogP contribution in [-0.2, 0) is 4.79 Å². The van der Waals surface area contributed by atoms with Gasteiger partial charge in [-0.1, -0.05) is 25.7 Å². The molecule has 1 heterocycles. The minimum atomic E-state index is 0.395. The summed E-state index contributed by atoms with van der Waals surface area (Å²) < 4.78 is 0. The van der Waals surface area contributed by atoms with Crippen molar-refractivity contribution in [3.63, 3.8) is 0 Å². The molecule has 1 atom stereocenters. The van der Waals surface area contributed by atoms with E-state index < -0.39 is 0 Å². The van der Waals surface area contributed by atoms with Crippen molar-refractivity contribution in [1.82, 2.24) is 10.2 Å². The number of nitrogens with one attached hydrogen (secondary N) is 1. The lowest BCUT2D eigenvalue weighted by molar-refractivity contribution is -0.130. The first-order chi connectivity index (χ1) is 8.79. The Balaban J connectivity index is 1.59. The molecule has 0 aromatic carbocycles. The number of carbonyl (C=O) groups is 1. The van der Waals surface area contributed by atoms with Gasteiger partial charge in [0.2, 0.25) is 5.91 Å². The van der Waals surface area contributed by atoms with Crippen molar-refractivity contribution < 1.29 is 4.79 Å². The minimum absolute atomic E-state index is 0.395. The van der Waals surface area contributed by atoms with Crippen LogP contribution in [0, 0.1) is 11.8 Å². The van der Waals surface area contributed by atoms with Gasteiger partial charge in [-0.2, -0.15) is 0 Å². The summed E-state index contributed by atoms with van der Waals surface area (Å²) in [4.78, 5) is 14.2. The highest BCUT2D eigenvalue weighted by Gasteiger charge is 2.25. The van der Waals surface area contributed by atoms with Crippen molar-refractivity contribution in [1.29, 1.82) is 0 Å². The van der Waals surface area contributed by atoms with Crippen molar-refractivity contribution in [3.8, 4) is 0 Å². The van der Waals surface area contributed by atoms with E-state index in [1.165, 1.54) is 38.5 Å². The van der Waals surface area contributed by atoms with Crippen molar-refractivity contribution in [3.05, 3.63) is 0 Å². The number of amides is 1. The Morgan fingerprint density at radius 3 is 2.72 bits per heavy atom. The van der Waals surface area contributed by atoms with E-state index in [1.54, 1.807) is 0 Å². The molecule has 0 radical (unpaired) electrons. The van der Waals surface area contributed by atoms with Crippen LogP contribution in [0.25, 0.3) is 0 Å². The molecule has 2 rings (SSSR count). The van der Waals surface area contributed by atoms with Gasteiger partial charge in [-0.25, -0.2) is 0 Å². The van der Waals surface area contributed by atoms with Gasteiger partial charge in [-0.15, -0.1) is 0 Å². The fourth-order valence-corrected chi connectivity index (χ4v) is 3.51. The predicted molar refractivity (Wildman–Crippen MR) is 74.4 cm³/mol. The van der Waals surface area contributed by atoms with Gasteiger partial charge < -0.3 is 10.2 Å². The van der Waals surface area contributed by atoms with E-state index in [1.807, 2.05) is 7.05 Å². The Morgan fingerprint density at radius 2 is 2.00 bits per heavy atom. The van der Waals surface area contributed by atoms with Crippen molar-refractivity contribution in [2.24, 2.45) is 11.8 Å². The average Bonchev–Trinajstić information content (AvgIpc) is 3.00. The standard InChI is InChI=1S/C15H28N2O/c1-16-11-14-9-10-17(12-14)15(18)8-4-7-13-5-2-3-6-13/h13-14,16H,2-12H2,1H3. The molecule has 0 bridgehead atoms. The first kappa shape index (κ1) is 13.9. The predicted octanol–water partition coefficient (Wildman–Crippen LogP) is 2.41. The largest absolute Gasteiger partial charge is 0.342 e. The maximum atomic E-state index is 12.1. The summed E-state index contributed by atoms with van der Waals surface area (Å²) in [7, 11) is 1.99. The quantitative estimate of drug-likeness (QED) is 0.787. The minimum Gasteiger partial charge on any atom is -0.342 e. The van der Waals surface area contributed by atoms with Gasteiger partial charge in [-0.3, -0.25) is 4.79 Å². The van der Waals surface area contributed by atoms with E-state index in [-0.39, 0.29) is 0 Å². The first-order valence-electron chi connectivity index (χ1n) is 7.72. The summed E-state index contributed by atoms with van der Waals surface area (Å²) in [5, 5.41) is 3.21. The normalized spacial score (nSPS) is 24.9. The summed E-state index contributed by atoms with van der Waals surface area (Å²) in [5.74, 6) is 1.99. The van der Waals surface area contributed by atoms with Gasteiger partial charge in [0.15, 0.2) is 0 Å². The number of nitrogens with zero attached hydrogens (tertiary/aromatic N) is 1. The lowest BCUT2D eigenvalue weighted by Crippen LogP contribution is -2.30. The molecular weight excluding hydrogens is 224 g/mol. The molecule has 18 heavy (non-hydrogen) atoms. The molecule has 1 aliphatic carbocycles. The maximum absolute atomic E-state index is 12.1. The maximum Gasteiger partial charge on any atom is 0.222 e. The van der Waals surface area contributed by atoms with Crippen molar-refractivity contribution in [2.45, 2.75) is 51.4 Å². The molecule has 0 spiro atoms. The highest BCUT2D eigenvalue weighted by molar-refractivity contribution is 5.76. The number of carbonyl (C=O) groups excluding carboxylic acids is 1. The van der Waals surface area contributed by atoms with E-state index in [4.69, 9.17) is 0 Å². The monoisotopic (exact) mass is 252 g/mol. The zero-order valence-electron chi connectivity index (χ0n) is 11.8. The van der Waals surface area contributed by atoms with Crippen LogP contribution in [0.15, 0.2) is 0 Å². The Morgan fingerprint density at radius 1 is 1.22 bits per heavy atom. The summed E-state index contributed by atoms with van der Waals surface area (Å²) in [6, 6.07) is 0. The summed E-state index contributed by atoms with van der Waals surface area (Å²) in [6.45, 7) is 3.00. The van der Waals surface area contributed by atoms with Gasteiger partial charge in [0.25, 0.3) is 0 Å². The van der Waals surface area contributed by atoms with Crippen LogP contribution in [0.3, 0.4) is 0 Å². The van der Waals surface area contributed by atoms with Crippen LogP contribution >= 0.6 is 0 Å². The van der Waals surface area contributed by atoms with Crippen LogP contribution < -0.4 is 5.32 Å². The number of likely N-dealkylation sites (tertiary alicyclic amines) is 1. The van der Waals surface area contributed by atoms with Crippen LogP contribution in [0.1, 0.15) is 51.4 Å². The zero-order chi connectivity index (χ0) is 12.8. The molecule has 104 valence electrons. The fraction of sp³-hybridized carbons (Fsp3) is 0.933. The van der Waals surface area contributed by atoms with Gasteiger partial charge in [0.1, 0.15) is 0 Å². The molecule has 1 N–H and O–H groups in total. The molecule has 1 amide bonds. The van der Waals surface area contributed by atoms with Crippen LogP contribution in [0.4, 0.5) is 0 Å². The number of rotatable bonds is 6. The Labute approximate surface area is 111 Å². The van der Waals surface area contributed by atoms with Gasteiger partial charge in [-0.05, 0) is 44.7 Å². The van der Waals surface area contributed by atoms with Crippen LogP contribution in [0.5, 0.6) is 0 Å². The Hall–Kier alpha value is -0.570. The van der Waals surface area contributed by atoms with Gasteiger partial charge in [0.05, 0.1) is 0 Å². The van der Waals surface area contributed by atoms with E-state index in [2.05, 4.69) is 10.2 Å². The van der Waals surface area contributed by atoms with E-state index in [0.29, 0.717) is 11.8 Å². The fourth-order valence-electron chi connectivity index (χ4n) is 3.51. The smallest absolute Gasteiger partial charge is 0.222 e. The van der Waals surface area contributed by atoms with E-state index in [9.17, 15) is 4.79 Å². The molecule has 1 unspecified atom stereocenters. The molecule has 0 aromatic heterocycles. The highest BCUT2D eigenvalue weighted by Crippen LogP contribution is 2.29. The molecule has 3 nitrogen and oxygen atoms in total. The molecule has 1 aliphatic heterocycles. The van der Waals surface area contributed by atoms with E-state index in [0.717, 1.165) is 38.4 Å². The molecule has 0 aromatic rings. The van der Waals surface area contributed by atoms with Crippen LogP contribution in [0.2, 0.25) is 0 Å². The summed E-state index contributed by atoms with van der Waals surface area (Å²) in [6.07, 6.45) is 9.98. The second-order valence-electron chi connectivity index (χ2n) is 6.09. The zero-order valence-corrected chi connectivity index (χ0v) is 11.8. The SMILES string of the molecule is CNCC1CCN(C(=O)CCCC2CCCC2)C1. The molecule has 2 fully saturated rings. The number of hydrogen-bond donors (Lipinski definition) is 1. The summed E-state index contributed by atoms with van der Waals surface area (Å²) in [5.41, 5.74) is 0. The molecule has 1 saturated carbocycles. The van der Waals surface area contributed by atoms with E-state index >= 15 is 0 Å². The van der Waals surface area contributed by atoms with Gasteiger partial charge in [0, 0.05) is 19.5 Å². The first-order valence-corrected chi connectivity index (χ1v) is 7.72. The Kier molecular flexibility index (Phi) is 5.48. The lowest BCUT2D eigenvalue weighted by Gasteiger charge is -2.17. The van der Waals surface area contributed by atoms with Crippen molar-refractivity contribution >= 4 is 5.91 Å². The third-order valence-corrected chi connectivity index (χ3v) is 4.61. The topological polar surface area (TPSA) is 32.3 Å². The third-order valence-electron chi connectivity index (χ3n) is 4.61. The summed E-state index contributed by atoms with van der Waals surface area (Å²) >= 11 is 0. The second kappa shape index (κ2) is 7.13. The van der Waals surface area contributed by atoms with Crippen LogP contribution in [-0.4, -0.2) is 37.5 Å². The number of hydrogen-bond acceptors (Lipinski definition) is 2. The molecule has 2 aliphatic rings. The molecule has 3 heteroatoms. The highest BCUT2D eigenvalue weighted by atomic mass is 16.2. The lowest BCUT2D eigenvalue weighted by atomic mass is 10.0. The molecular formula is C15H28N2O. The van der Waals surface area contributed by atoms with Crippen molar-refractivity contribution in [2.75, 3.05) is 26.7 Å². The van der Waals surface area contributed by atoms with Gasteiger partial charge >= 0.3 is 0 Å². The second-order valence-corrected chi connectivity index (χ2v) is 6.09. The average molecular weight is 252 g/mol.